The van der Waals surface area contributed by atoms with Gasteiger partial charge in [-0.2, -0.15) is 5.26 Å². The molecule has 0 radical (unpaired) electrons. The van der Waals surface area contributed by atoms with Gasteiger partial charge in [0.1, 0.15) is 5.58 Å². The van der Waals surface area contributed by atoms with Gasteiger partial charge in [-0.3, -0.25) is 0 Å². The number of fused-ring (bicyclic) bond motifs is 1. The Morgan fingerprint density at radius 3 is 2.83 bits per heavy atom. The number of nitrogens with one attached hydrogen (secondary N) is 1. The molecule has 1 unspecified atom stereocenters. The third-order valence-corrected chi connectivity index (χ3v) is 3.21. The van der Waals surface area contributed by atoms with Crippen LogP contribution in [0, 0.1) is 23.2 Å². The average Bonchev–Trinajstić information content (AvgIpc) is 2.78. The fourth-order valence-corrected chi connectivity index (χ4v) is 1.96. The highest BCUT2D eigenvalue weighted by molar-refractivity contribution is 5.80. The van der Waals surface area contributed by atoms with Crippen molar-refractivity contribution in [1.82, 2.24) is 5.32 Å². The number of hydrogen-bond acceptors (Lipinski definition) is 3. The van der Waals surface area contributed by atoms with Crippen molar-refractivity contribution in [3.05, 3.63) is 36.1 Å². The van der Waals surface area contributed by atoms with E-state index in [-0.39, 0.29) is 5.92 Å². The van der Waals surface area contributed by atoms with E-state index in [1.54, 1.807) is 6.26 Å². The van der Waals surface area contributed by atoms with Crippen LogP contribution >= 0.6 is 0 Å². The number of rotatable bonds is 5. The van der Waals surface area contributed by atoms with Crippen LogP contribution in [0.5, 0.6) is 0 Å². The maximum absolute atomic E-state index is 9.02. The lowest BCUT2D eigenvalue weighted by Crippen LogP contribution is -2.24. The van der Waals surface area contributed by atoms with Crippen LogP contribution < -0.4 is 5.32 Å². The van der Waals surface area contributed by atoms with Gasteiger partial charge in [0.15, 0.2) is 0 Å². The first-order chi connectivity index (χ1) is 8.72. The van der Waals surface area contributed by atoms with Crippen molar-refractivity contribution in [3.63, 3.8) is 0 Å². The molecule has 18 heavy (non-hydrogen) atoms. The summed E-state index contributed by atoms with van der Waals surface area (Å²) in [6.45, 7) is 5.60. The highest BCUT2D eigenvalue weighted by Gasteiger charge is 2.12. The topological polar surface area (TPSA) is 49.0 Å². The third-order valence-electron chi connectivity index (χ3n) is 3.21. The molecule has 1 atom stereocenters. The van der Waals surface area contributed by atoms with E-state index in [1.165, 1.54) is 0 Å². The Bertz CT molecular complexity index is 551. The molecular weight excluding hydrogens is 224 g/mol. The molecule has 2 rings (SSSR count). The molecule has 0 saturated carbocycles. The van der Waals surface area contributed by atoms with Crippen LogP contribution in [0.25, 0.3) is 11.0 Å². The van der Waals surface area contributed by atoms with E-state index in [2.05, 4.69) is 31.3 Å². The minimum Gasteiger partial charge on any atom is -0.464 e. The molecule has 2 aromatic rings. The fraction of sp³-hybridized carbons (Fsp3) is 0.400. The Hall–Kier alpha value is -1.79. The summed E-state index contributed by atoms with van der Waals surface area (Å²) in [5, 5.41) is 13.5. The first-order valence-corrected chi connectivity index (χ1v) is 6.28. The first-order valence-electron chi connectivity index (χ1n) is 6.28. The molecule has 0 saturated heterocycles. The van der Waals surface area contributed by atoms with Gasteiger partial charge in [-0.15, -0.1) is 0 Å². The third kappa shape index (κ3) is 2.72. The molecule has 0 aliphatic carbocycles. The van der Waals surface area contributed by atoms with Crippen LogP contribution in [-0.4, -0.2) is 6.54 Å². The van der Waals surface area contributed by atoms with E-state index in [0.717, 1.165) is 23.1 Å². The Morgan fingerprint density at radius 1 is 1.33 bits per heavy atom. The number of nitriles is 1. The van der Waals surface area contributed by atoms with Crippen molar-refractivity contribution >= 4 is 11.0 Å². The second-order valence-electron chi connectivity index (χ2n) is 4.87. The quantitative estimate of drug-likeness (QED) is 0.875. The van der Waals surface area contributed by atoms with Gasteiger partial charge in [-0.1, -0.05) is 32.0 Å². The van der Waals surface area contributed by atoms with Crippen LogP contribution in [0.15, 0.2) is 34.9 Å². The number of para-hydroxylation sites is 1. The summed E-state index contributed by atoms with van der Waals surface area (Å²) in [6, 6.07) is 10.3. The maximum atomic E-state index is 9.02. The first kappa shape index (κ1) is 12.7. The second-order valence-corrected chi connectivity index (χ2v) is 4.87. The number of furan rings is 1. The van der Waals surface area contributed by atoms with E-state index in [4.69, 9.17) is 9.68 Å². The van der Waals surface area contributed by atoms with Gasteiger partial charge >= 0.3 is 0 Å². The molecule has 3 nitrogen and oxygen atoms in total. The molecule has 0 bridgehead atoms. The molecular formula is C15H18N2O. The molecule has 0 aliphatic rings. The van der Waals surface area contributed by atoms with Gasteiger partial charge in [0.2, 0.25) is 0 Å². The largest absolute Gasteiger partial charge is 0.464 e. The van der Waals surface area contributed by atoms with E-state index < -0.39 is 0 Å². The van der Waals surface area contributed by atoms with Crippen molar-refractivity contribution in [2.24, 2.45) is 11.8 Å². The monoisotopic (exact) mass is 242 g/mol. The van der Waals surface area contributed by atoms with Crippen LogP contribution in [-0.2, 0) is 6.54 Å². The highest BCUT2D eigenvalue weighted by atomic mass is 16.3. The summed E-state index contributed by atoms with van der Waals surface area (Å²) in [7, 11) is 0. The van der Waals surface area contributed by atoms with Gasteiger partial charge in [-0.25, -0.2) is 0 Å². The highest BCUT2D eigenvalue weighted by Crippen LogP contribution is 2.20. The van der Waals surface area contributed by atoms with E-state index in [0.29, 0.717) is 12.5 Å². The van der Waals surface area contributed by atoms with Gasteiger partial charge in [-0.05, 0) is 12.0 Å². The Morgan fingerprint density at radius 2 is 2.11 bits per heavy atom. The van der Waals surface area contributed by atoms with Crippen molar-refractivity contribution in [2.75, 3.05) is 6.54 Å². The minimum absolute atomic E-state index is 0.0585. The SMILES string of the molecule is CC(C)C(C#N)CNCc1coc2ccccc12. The Kier molecular flexibility index (Phi) is 4.01. The van der Waals surface area contributed by atoms with Crippen LogP contribution in [0.3, 0.4) is 0 Å². The lowest BCUT2D eigenvalue weighted by molar-refractivity contribution is 0.441. The van der Waals surface area contributed by atoms with Gasteiger partial charge in [0.25, 0.3) is 0 Å². The van der Waals surface area contributed by atoms with Crippen molar-refractivity contribution < 1.29 is 4.42 Å². The lowest BCUT2D eigenvalue weighted by Gasteiger charge is -2.13. The molecule has 0 amide bonds. The Balaban J connectivity index is 1.97. The summed E-state index contributed by atoms with van der Waals surface area (Å²) in [5.74, 6) is 0.437. The van der Waals surface area contributed by atoms with Crippen molar-refractivity contribution in [1.29, 1.82) is 5.26 Å². The lowest BCUT2D eigenvalue weighted by atomic mass is 9.97. The fourth-order valence-electron chi connectivity index (χ4n) is 1.96. The summed E-state index contributed by atoms with van der Waals surface area (Å²) in [4.78, 5) is 0. The molecule has 0 aliphatic heterocycles. The molecule has 1 aromatic carbocycles. The maximum Gasteiger partial charge on any atom is 0.134 e. The van der Waals surface area contributed by atoms with Gasteiger partial charge < -0.3 is 9.73 Å². The summed E-state index contributed by atoms with van der Waals surface area (Å²) >= 11 is 0. The molecule has 1 N–H and O–H groups in total. The summed E-state index contributed by atoms with van der Waals surface area (Å²) in [5.41, 5.74) is 2.06. The summed E-state index contributed by atoms with van der Waals surface area (Å²) < 4.78 is 5.48. The number of hydrogen-bond donors (Lipinski definition) is 1. The smallest absolute Gasteiger partial charge is 0.134 e. The molecule has 3 heteroatoms. The van der Waals surface area contributed by atoms with Gasteiger partial charge in [0.05, 0.1) is 18.3 Å². The van der Waals surface area contributed by atoms with E-state index in [9.17, 15) is 0 Å². The standard InChI is InChI=1S/C15H18N2O/c1-11(2)12(7-16)8-17-9-13-10-18-15-6-4-3-5-14(13)15/h3-6,10-12,17H,8-9H2,1-2H3. The van der Waals surface area contributed by atoms with Crippen LogP contribution in [0.1, 0.15) is 19.4 Å². The molecule has 1 heterocycles. The molecule has 1 aromatic heterocycles. The number of benzene rings is 1. The van der Waals surface area contributed by atoms with Gasteiger partial charge in [0, 0.05) is 24.0 Å². The zero-order valence-corrected chi connectivity index (χ0v) is 10.8. The van der Waals surface area contributed by atoms with E-state index >= 15 is 0 Å². The average molecular weight is 242 g/mol. The predicted octanol–water partition coefficient (Wildman–Crippen LogP) is 3.32. The van der Waals surface area contributed by atoms with Crippen molar-refractivity contribution in [3.8, 4) is 6.07 Å². The van der Waals surface area contributed by atoms with Crippen molar-refractivity contribution in [2.45, 2.75) is 20.4 Å². The van der Waals surface area contributed by atoms with E-state index in [1.807, 2.05) is 18.2 Å². The zero-order chi connectivity index (χ0) is 13.0. The minimum atomic E-state index is 0.0585. The predicted molar refractivity (Wildman–Crippen MR) is 71.9 cm³/mol. The normalized spacial score (nSPS) is 12.8. The second kappa shape index (κ2) is 5.70. The molecule has 0 spiro atoms. The van der Waals surface area contributed by atoms with Crippen LogP contribution in [0.2, 0.25) is 0 Å². The molecule has 0 fully saturated rings. The molecule has 94 valence electrons. The zero-order valence-electron chi connectivity index (χ0n) is 10.8. The Labute approximate surface area is 107 Å². The van der Waals surface area contributed by atoms with Crippen LogP contribution in [0.4, 0.5) is 0 Å². The number of nitrogens with zero attached hydrogens (tertiary/aromatic N) is 1. The summed E-state index contributed by atoms with van der Waals surface area (Å²) in [6.07, 6.45) is 1.79.